The van der Waals surface area contributed by atoms with E-state index in [0.717, 1.165) is 12.1 Å². The monoisotopic (exact) mass is 666 g/mol. The highest BCUT2D eigenvalue weighted by molar-refractivity contribution is 7.91. The van der Waals surface area contributed by atoms with Crippen LogP contribution in [0, 0.1) is 5.82 Å². The zero-order chi connectivity index (χ0) is 33.2. The number of sulfone groups is 1. The van der Waals surface area contributed by atoms with Crippen molar-refractivity contribution in [3.63, 3.8) is 0 Å². The van der Waals surface area contributed by atoms with Crippen molar-refractivity contribution in [3.05, 3.63) is 83.4 Å². The van der Waals surface area contributed by atoms with Crippen LogP contribution in [0.15, 0.2) is 65.7 Å². The Morgan fingerprint density at radius 1 is 1.09 bits per heavy atom. The first kappa shape index (κ1) is 33.2. The van der Waals surface area contributed by atoms with E-state index >= 15 is 4.39 Å². The third kappa shape index (κ3) is 7.43. The van der Waals surface area contributed by atoms with Gasteiger partial charge in [-0.15, -0.1) is 0 Å². The van der Waals surface area contributed by atoms with Gasteiger partial charge < -0.3 is 19.7 Å². The van der Waals surface area contributed by atoms with E-state index in [1.807, 2.05) is 19.9 Å². The number of halogens is 5. The molecule has 0 spiro atoms. The number of nitrogens with zero attached hydrogens (tertiary/aromatic N) is 3. The number of aromatic nitrogens is 2. The van der Waals surface area contributed by atoms with Crippen molar-refractivity contribution in [2.75, 3.05) is 18.0 Å². The molecule has 2 aromatic carbocycles. The van der Waals surface area contributed by atoms with E-state index in [2.05, 4.69) is 19.9 Å². The smallest absolute Gasteiger partial charge is 0.345 e. The number of carbonyl (C=O) groups excluding carboxylic acids is 1. The number of hydrogen-bond acceptors (Lipinski definition) is 8. The first-order chi connectivity index (χ1) is 21.8. The number of rotatable bonds is 10. The van der Waals surface area contributed by atoms with Crippen LogP contribution in [0.25, 0.3) is 22.0 Å². The van der Waals surface area contributed by atoms with E-state index in [0.29, 0.717) is 36.1 Å². The SMILES string of the molecule is C[C@@H]1CN(c2cccc(-c3ccc4cnc(CNC(=O)c5cc(COC(F)F)cc(S(=O)(=O)C(F)F)c5)cc4c3F)n2)C[C@H](C)O1.[HH]. The number of pyridine rings is 2. The molecule has 9 nitrogen and oxygen atoms in total. The number of benzene rings is 2. The molecule has 46 heavy (non-hydrogen) atoms. The molecule has 1 saturated heterocycles. The first-order valence-corrected chi connectivity index (χ1v) is 15.7. The number of amides is 1. The highest BCUT2D eigenvalue weighted by atomic mass is 32.2. The number of ether oxygens (including phenoxy) is 2. The minimum absolute atomic E-state index is 0. The third-order valence-electron chi connectivity index (χ3n) is 7.25. The van der Waals surface area contributed by atoms with Gasteiger partial charge in [-0.05, 0) is 61.9 Å². The van der Waals surface area contributed by atoms with Crippen molar-refractivity contribution in [1.82, 2.24) is 15.3 Å². The van der Waals surface area contributed by atoms with Gasteiger partial charge in [-0.2, -0.15) is 17.6 Å². The van der Waals surface area contributed by atoms with Crippen molar-refractivity contribution >= 4 is 32.3 Å². The van der Waals surface area contributed by atoms with Crippen LogP contribution in [0.1, 0.15) is 36.9 Å². The van der Waals surface area contributed by atoms with Gasteiger partial charge in [-0.1, -0.05) is 12.1 Å². The zero-order valence-electron chi connectivity index (χ0n) is 24.6. The minimum atomic E-state index is -5.16. The predicted molar refractivity (Wildman–Crippen MR) is 161 cm³/mol. The summed E-state index contributed by atoms with van der Waals surface area (Å²) in [5.41, 5.74) is 0.272. The molecule has 15 heteroatoms. The summed E-state index contributed by atoms with van der Waals surface area (Å²) in [6, 6.07) is 12.6. The standard InChI is InChI=1S/C31H29F5N4O5S.H2/c1-17-14-40(15-18(2)45-17)27-5-3-4-26(39-27)24-7-6-20-12-37-22(11-25(20)28(24)32)13-38-29(41)21-8-19(16-44-30(33)34)9-23(10-21)46(42,43)31(35)36;/h3-12,17-18,30-31H,13-16H2,1-2H3,(H,38,41);1H/t17-,18+;. The van der Waals surface area contributed by atoms with Gasteiger partial charge in [0.2, 0.25) is 9.84 Å². The predicted octanol–water partition coefficient (Wildman–Crippen LogP) is 5.96. The van der Waals surface area contributed by atoms with E-state index in [9.17, 15) is 30.8 Å². The summed E-state index contributed by atoms with van der Waals surface area (Å²) in [6.07, 6.45) is 1.43. The molecule has 2 atom stereocenters. The maximum absolute atomic E-state index is 15.9. The second kappa shape index (κ2) is 13.6. The average Bonchev–Trinajstić information content (AvgIpc) is 3.02. The molecule has 1 aliphatic heterocycles. The molecule has 3 heterocycles. The molecular formula is C31H31F5N4O5S. The number of nitrogens with one attached hydrogen (secondary N) is 1. The van der Waals surface area contributed by atoms with Crippen LogP contribution in [-0.2, 0) is 32.5 Å². The molecule has 1 N–H and O–H groups in total. The summed E-state index contributed by atoms with van der Waals surface area (Å²) in [5.74, 6) is -4.59. The van der Waals surface area contributed by atoms with Crippen LogP contribution in [0.4, 0.5) is 27.8 Å². The molecule has 2 aromatic heterocycles. The third-order valence-corrected chi connectivity index (χ3v) is 8.61. The highest BCUT2D eigenvalue weighted by Gasteiger charge is 2.28. The van der Waals surface area contributed by atoms with E-state index in [-0.39, 0.29) is 47.9 Å². The molecule has 0 aliphatic carbocycles. The van der Waals surface area contributed by atoms with Crippen molar-refractivity contribution < 1.29 is 46.1 Å². The molecule has 4 aromatic rings. The summed E-state index contributed by atoms with van der Waals surface area (Å²) in [6.45, 7) is 0.917. The maximum Gasteiger partial charge on any atom is 0.345 e. The summed E-state index contributed by atoms with van der Waals surface area (Å²) in [5, 5.41) is 3.16. The van der Waals surface area contributed by atoms with Gasteiger partial charge in [0.05, 0.1) is 41.6 Å². The Hall–Kier alpha value is -4.21. The van der Waals surface area contributed by atoms with Gasteiger partial charge in [0.25, 0.3) is 5.91 Å². The van der Waals surface area contributed by atoms with E-state index < -0.39 is 45.4 Å². The Kier molecular flexibility index (Phi) is 9.84. The summed E-state index contributed by atoms with van der Waals surface area (Å²) in [7, 11) is -5.16. The Balaban J connectivity index is 0.00000500. The van der Waals surface area contributed by atoms with Crippen LogP contribution < -0.4 is 10.2 Å². The molecular weight excluding hydrogens is 635 g/mol. The normalized spacial score (nSPS) is 17.2. The Morgan fingerprint density at radius 3 is 2.52 bits per heavy atom. The second-order valence-electron chi connectivity index (χ2n) is 10.8. The van der Waals surface area contributed by atoms with Crippen LogP contribution >= 0.6 is 0 Å². The van der Waals surface area contributed by atoms with E-state index in [1.165, 1.54) is 12.3 Å². The summed E-state index contributed by atoms with van der Waals surface area (Å²) < 4.78 is 101. The Labute approximate surface area is 262 Å². The number of hydrogen-bond donors (Lipinski definition) is 1. The topological polar surface area (TPSA) is 111 Å². The van der Waals surface area contributed by atoms with E-state index in [4.69, 9.17) is 9.72 Å². The first-order valence-electron chi connectivity index (χ1n) is 14.1. The zero-order valence-corrected chi connectivity index (χ0v) is 25.4. The number of anilines is 1. The molecule has 246 valence electrons. The molecule has 0 saturated carbocycles. The van der Waals surface area contributed by atoms with Crippen molar-refractivity contribution in [3.8, 4) is 11.3 Å². The maximum atomic E-state index is 15.9. The largest absolute Gasteiger partial charge is 0.372 e. The van der Waals surface area contributed by atoms with Crippen LogP contribution in [0.2, 0.25) is 0 Å². The highest BCUT2D eigenvalue weighted by Crippen LogP contribution is 2.30. The lowest BCUT2D eigenvalue weighted by molar-refractivity contribution is -0.137. The fraction of sp³-hybridized carbons (Fsp3) is 0.323. The van der Waals surface area contributed by atoms with Gasteiger partial charge in [0.1, 0.15) is 11.6 Å². The average molecular weight is 667 g/mol. The van der Waals surface area contributed by atoms with Gasteiger partial charge in [0.15, 0.2) is 0 Å². The number of morpholine rings is 1. The fourth-order valence-electron chi connectivity index (χ4n) is 5.21. The molecule has 1 aliphatic rings. The molecule has 0 radical (unpaired) electrons. The molecule has 1 fully saturated rings. The molecule has 0 bridgehead atoms. The van der Waals surface area contributed by atoms with Crippen LogP contribution in [-0.4, -0.2) is 62.0 Å². The quantitative estimate of drug-likeness (QED) is 0.207. The van der Waals surface area contributed by atoms with Crippen molar-refractivity contribution in [2.45, 2.75) is 56.5 Å². The Morgan fingerprint density at radius 2 is 1.83 bits per heavy atom. The number of carbonyl (C=O) groups is 1. The van der Waals surface area contributed by atoms with Crippen molar-refractivity contribution in [2.24, 2.45) is 0 Å². The van der Waals surface area contributed by atoms with Crippen LogP contribution in [0.5, 0.6) is 0 Å². The molecule has 0 unspecified atom stereocenters. The van der Waals surface area contributed by atoms with Gasteiger partial charge in [-0.25, -0.2) is 17.8 Å². The Bertz CT molecular complexity index is 1860. The summed E-state index contributed by atoms with van der Waals surface area (Å²) in [4.78, 5) is 23.0. The number of fused-ring (bicyclic) bond motifs is 1. The van der Waals surface area contributed by atoms with Gasteiger partial charge in [0, 0.05) is 42.6 Å². The van der Waals surface area contributed by atoms with Crippen molar-refractivity contribution in [1.29, 1.82) is 0 Å². The lowest BCUT2D eigenvalue weighted by atomic mass is 10.0. The second-order valence-corrected chi connectivity index (χ2v) is 12.7. The summed E-state index contributed by atoms with van der Waals surface area (Å²) >= 11 is 0. The fourth-order valence-corrected chi connectivity index (χ4v) is 6.02. The molecule has 5 rings (SSSR count). The number of alkyl halides is 4. The van der Waals surface area contributed by atoms with Gasteiger partial charge in [-0.3, -0.25) is 9.78 Å². The van der Waals surface area contributed by atoms with E-state index in [1.54, 1.807) is 24.3 Å². The lowest BCUT2D eigenvalue weighted by Gasteiger charge is -2.36. The van der Waals surface area contributed by atoms with Gasteiger partial charge >= 0.3 is 12.4 Å². The lowest BCUT2D eigenvalue weighted by Crippen LogP contribution is -2.45. The minimum Gasteiger partial charge on any atom is -0.372 e. The molecule has 1 amide bonds. The van der Waals surface area contributed by atoms with Crippen LogP contribution in [0.3, 0.4) is 0 Å².